The molecule has 0 saturated carbocycles. The molecule has 1 amide bonds. The van der Waals surface area contributed by atoms with Gasteiger partial charge in [-0.25, -0.2) is 0 Å². The standard InChI is InChI=1S/C30H56N4O15/c1-14(32-6-5-21(39)44-8-7-43-4)9-33-22-26(42)28(49-30-23(34-16(3)38)24(40)15(2)18(10-35)46-30)20(12-37)47-29(22)48-27-19(11-36)45-13-17(31)25(27)41/h14-15,17-20,22-30,32-33,35-37,40-42H,5-13,31H2,1-4H3,(H,34,38)/t14?,15-,17?,18?,19?,20?,22?,23?,24-,25+,26+,27+,28+,29-,30-/m0/s1. The number of methoxy groups -OCH3 is 1. The van der Waals surface area contributed by atoms with Gasteiger partial charge >= 0.3 is 5.97 Å². The Morgan fingerprint density at radius 3 is 2.12 bits per heavy atom. The molecular formula is C30H56N4O15. The molecule has 3 rings (SSSR count). The monoisotopic (exact) mass is 712 g/mol. The zero-order chi connectivity index (χ0) is 36.2. The molecule has 49 heavy (non-hydrogen) atoms. The highest BCUT2D eigenvalue weighted by Crippen LogP contribution is 2.33. The van der Waals surface area contributed by atoms with E-state index in [0.717, 1.165) is 0 Å². The number of hydrogen-bond acceptors (Lipinski definition) is 18. The van der Waals surface area contributed by atoms with E-state index in [2.05, 4.69) is 16.0 Å². The zero-order valence-electron chi connectivity index (χ0n) is 28.5. The highest BCUT2D eigenvalue weighted by atomic mass is 16.7. The van der Waals surface area contributed by atoms with E-state index in [9.17, 15) is 40.2 Å². The van der Waals surface area contributed by atoms with E-state index >= 15 is 0 Å². The maximum absolute atomic E-state index is 12.0. The number of aliphatic hydroxyl groups excluding tert-OH is 6. The number of nitrogens with one attached hydrogen (secondary N) is 3. The van der Waals surface area contributed by atoms with E-state index in [1.54, 1.807) is 6.92 Å². The molecule has 19 nitrogen and oxygen atoms in total. The topological polar surface area (TPSA) is 282 Å². The predicted octanol–water partition coefficient (Wildman–Crippen LogP) is -5.35. The Hall–Kier alpha value is -1.66. The number of ether oxygens (including phenoxy) is 7. The fourth-order valence-corrected chi connectivity index (χ4v) is 6.01. The third-order valence-corrected chi connectivity index (χ3v) is 8.94. The summed E-state index contributed by atoms with van der Waals surface area (Å²) < 4.78 is 39.8. The van der Waals surface area contributed by atoms with Gasteiger partial charge in [0.25, 0.3) is 0 Å². The van der Waals surface area contributed by atoms with Gasteiger partial charge in [-0.3, -0.25) is 9.59 Å². The first-order chi connectivity index (χ1) is 23.4. The van der Waals surface area contributed by atoms with Gasteiger partial charge in [0.15, 0.2) is 12.6 Å². The minimum absolute atomic E-state index is 0.0312. The number of hydrogen-bond donors (Lipinski definition) is 10. The highest BCUT2D eigenvalue weighted by molar-refractivity contribution is 5.73. The van der Waals surface area contributed by atoms with Crippen molar-refractivity contribution in [2.75, 3.05) is 59.8 Å². The van der Waals surface area contributed by atoms with Crippen LogP contribution in [0.15, 0.2) is 0 Å². The van der Waals surface area contributed by atoms with Crippen LogP contribution in [0, 0.1) is 5.92 Å². The first kappa shape index (κ1) is 41.8. The largest absolute Gasteiger partial charge is 0.463 e. The van der Waals surface area contributed by atoms with E-state index in [1.807, 2.05) is 6.92 Å². The Balaban J connectivity index is 1.81. The summed E-state index contributed by atoms with van der Waals surface area (Å²) in [6.07, 6.45) is -12.2. The van der Waals surface area contributed by atoms with E-state index < -0.39 is 117 Å². The van der Waals surface area contributed by atoms with Crippen molar-refractivity contribution in [1.29, 1.82) is 0 Å². The average Bonchev–Trinajstić information content (AvgIpc) is 3.07. The summed E-state index contributed by atoms with van der Waals surface area (Å²) in [5.41, 5.74) is 5.99. The Morgan fingerprint density at radius 2 is 1.51 bits per heavy atom. The zero-order valence-corrected chi connectivity index (χ0v) is 28.5. The third-order valence-electron chi connectivity index (χ3n) is 8.94. The Labute approximate surface area is 285 Å². The molecule has 0 aliphatic carbocycles. The Kier molecular flexibility index (Phi) is 17.4. The van der Waals surface area contributed by atoms with E-state index in [0.29, 0.717) is 0 Å². The van der Waals surface area contributed by atoms with E-state index in [1.165, 1.54) is 14.0 Å². The van der Waals surface area contributed by atoms with Gasteiger partial charge in [0, 0.05) is 39.1 Å². The first-order valence-corrected chi connectivity index (χ1v) is 16.6. The smallest absolute Gasteiger partial charge is 0.307 e. The molecule has 3 fully saturated rings. The molecule has 0 radical (unpaired) electrons. The highest BCUT2D eigenvalue weighted by Gasteiger charge is 2.52. The van der Waals surface area contributed by atoms with E-state index in [-0.39, 0.29) is 45.4 Å². The molecule has 0 aromatic rings. The second kappa shape index (κ2) is 20.4. The summed E-state index contributed by atoms with van der Waals surface area (Å²) in [5.74, 6) is -1.48. The lowest BCUT2D eigenvalue weighted by atomic mass is 9.89. The van der Waals surface area contributed by atoms with Crippen molar-refractivity contribution < 1.29 is 73.4 Å². The van der Waals surface area contributed by atoms with Gasteiger partial charge < -0.3 is 85.5 Å². The molecule has 0 spiro atoms. The van der Waals surface area contributed by atoms with Crippen molar-refractivity contribution in [3.05, 3.63) is 0 Å². The normalized spacial score (nSPS) is 38.9. The van der Waals surface area contributed by atoms with Crippen LogP contribution in [0.3, 0.4) is 0 Å². The summed E-state index contributed by atoms with van der Waals surface area (Å²) in [7, 11) is 1.50. The summed E-state index contributed by atoms with van der Waals surface area (Å²) in [6.45, 7) is 3.92. The Bertz CT molecular complexity index is 1000. The number of amides is 1. The van der Waals surface area contributed by atoms with Crippen molar-refractivity contribution in [2.45, 2.75) is 113 Å². The van der Waals surface area contributed by atoms with Crippen molar-refractivity contribution >= 4 is 11.9 Å². The molecule has 0 aromatic heterocycles. The molecule has 3 aliphatic heterocycles. The molecule has 286 valence electrons. The molecule has 15 atom stereocenters. The third kappa shape index (κ3) is 11.4. The molecule has 0 bridgehead atoms. The van der Waals surface area contributed by atoms with Crippen molar-refractivity contribution in [2.24, 2.45) is 11.7 Å². The number of carbonyl (C=O) groups excluding carboxylic acids is 2. The summed E-state index contributed by atoms with van der Waals surface area (Å²) in [6, 6.07) is -3.33. The number of aliphatic hydroxyl groups is 6. The fraction of sp³-hybridized carbons (Fsp3) is 0.933. The van der Waals surface area contributed by atoms with Crippen LogP contribution >= 0.6 is 0 Å². The first-order valence-electron chi connectivity index (χ1n) is 16.6. The van der Waals surface area contributed by atoms with Gasteiger partial charge in [0.1, 0.15) is 49.3 Å². The number of rotatable bonds is 18. The van der Waals surface area contributed by atoms with Crippen LogP contribution in [0.2, 0.25) is 0 Å². The molecule has 19 heteroatoms. The summed E-state index contributed by atoms with van der Waals surface area (Å²) in [4.78, 5) is 24.0. The summed E-state index contributed by atoms with van der Waals surface area (Å²) in [5, 5.41) is 72.7. The molecule has 3 aliphatic rings. The maximum atomic E-state index is 12.0. The number of nitrogens with two attached hydrogens (primary N) is 1. The lowest BCUT2D eigenvalue weighted by Crippen LogP contribution is -2.69. The SMILES string of the molecule is COCCOC(=O)CCNC(C)CNC1[C@H](O[C@@H]2C(CO)OCC(N)[C@H]2O)OC(CO)[C@@H](O[C@@H]2OC(CO)[C@H](C)[C@H](O)C2NC(C)=O)[C@@H]1O. The Morgan fingerprint density at radius 1 is 0.898 bits per heavy atom. The molecule has 11 N–H and O–H groups in total. The number of esters is 1. The van der Waals surface area contributed by atoms with Crippen LogP contribution < -0.4 is 21.7 Å². The quantitative estimate of drug-likeness (QED) is 0.0469. The minimum Gasteiger partial charge on any atom is -0.463 e. The van der Waals surface area contributed by atoms with E-state index in [4.69, 9.17) is 38.9 Å². The van der Waals surface area contributed by atoms with Gasteiger partial charge in [-0.15, -0.1) is 0 Å². The predicted molar refractivity (Wildman–Crippen MR) is 168 cm³/mol. The lowest BCUT2D eigenvalue weighted by molar-refractivity contribution is -0.342. The minimum atomic E-state index is -1.51. The van der Waals surface area contributed by atoms with Crippen molar-refractivity contribution in [3.63, 3.8) is 0 Å². The molecule has 3 heterocycles. The van der Waals surface area contributed by atoms with Gasteiger partial charge in [-0.1, -0.05) is 6.92 Å². The average molecular weight is 713 g/mol. The molecule has 0 aromatic carbocycles. The molecule has 7 unspecified atom stereocenters. The van der Waals surface area contributed by atoms with Gasteiger partial charge in [-0.2, -0.15) is 0 Å². The van der Waals surface area contributed by atoms with Crippen molar-refractivity contribution in [3.8, 4) is 0 Å². The van der Waals surface area contributed by atoms with Crippen LogP contribution in [0.4, 0.5) is 0 Å². The van der Waals surface area contributed by atoms with Crippen LogP contribution in [-0.4, -0.2) is 188 Å². The maximum Gasteiger partial charge on any atom is 0.307 e. The van der Waals surface area contributed by atoms with Gasteiger partial charge in [-0.05, 0) is 6.92 Å². The lowest BCUT2D eigenvalue weighted by Gasteiger charge is -2.49. The molecule has 3 saturated heterocycles. The van der Waals surface area contributed by atoms with Crippen LogP contribution in [0.5, 0.6) is 0 Å². The number of carbonyl (C=O) groups is 2. The fourth-order valence-electron chi connectivity index (χ4n) is 6.01. The molecular weight excluding hydrogens is 656 g/mol. The second-order valence-corrected chi connectivity index (χ2v) is 12.7. The van der Waals surface area contributed by atoms with Gasteiger partial charge in [0.05, 0.1) is 63.7 Å². The summed E-state index contributed by atoms with van der Waals surface area (Å²) >= 11 is 0. The second-order valence-electron chi connectivity index (χ2n) is 12.7. The van der Waals surface area contributed by atoms with Crippen LogP contribution in [-0.2, 0) is 42.7 Å². The van der Waals surface area contributed by atoms with Crippen LogP contribution in [0.1, 0.15) is 27.2 Å². The van der Waals surface area contributed by atoms with Crippen LogP contribution in [0.25, 0.3) is 0 Å². The van der Waals surface area contributed by atoms with Gasteiger partial charge in [0.2, 0.25) is 5.91 Å². The van der Waals surface area contributed by atoms with Crippen molar-refractivity contribution in [1.82, 2.24) is 16.0 Å².